The molecule has 0 radical (unpaired) electrons. The highest BCUT2D eigenvalue weighted by Gasteiger charge is 2.34. The number of fused-ring (bicyclic) bond motifs is 1. The van der Waals surface area contributed by atoms with E-state index in [0.29, 0.717) is 36.9 Å². The van der Waals surface area contributed by atoms with Crippen LogP contribution in [-0.2, 0) is 9.59 Å². The smallest absolute Gasteiger partial charge is 0.426 e. The molecular formula is C28H43BN2O7. The number of unbranched alkanes of at least 4 members (excludes halogenated alkanes) is 6. The third-order valence-electron chi connectivity index (χ3n) is 7.00. The van der Waals surface area contributed by atoms with Crippen LogP contribution in [0, 0.1) is 11.8 Å². The molecule has 1 aliphatic rings. The lowest BCUT2D eigenvalue weighted by atomic mass is 9.74. The molecule has 10 heteroatoms. The van der Waals surface area contributed by atoms with Crippen molar-refractivity contribution in [3.05, 3.63) is 35.4 Å². The number of benzene rings is 1. The lowest BCUT2D eigenvalue weighted by molar-refractivity contribution is -0.133. The predicted octanol–water partition coefficient (Wildman–Crippen LogP) is 2.90. The summed E-state index contributed by atoms with van der Waals surface area (Å²) in [5.41, 5.74) is 0.957. The summed E-state index contributed by atoms with van der Waals surface area (Å²) in [7, 11) is -1.71. The van der Waals surface area contributed by atoms with Crippen molar-refractivity contribution in [3.63, 3.8) is 0 Å². The lowest BCUT2D eigenvalue weighted by Crippen LogP contribution is -2.50. The zero-order chi connectivity index (χ0) is 28.2. The molecule has 0 saturated heterocycles. The Hall–Kier alpha value is -2.56. The van der Waals surface area contributed by atoms with Crippen molar-refractivity contribution < 1.29 is 34.3 Å². The molecule has 38 heavy (non-hydrogen) atoms. The highest BCUT2D eigenvalue weighted by molar-refractivity contribution is 6.43. The van der Waals surface area contributed by atoms with E-state index in [1.165, 1.54) is 11.8 Å². The zero-order valence-corrected chi connectivity index (χ0v) is 22.9. The molecule has 1 aromatic carbocycles. The van der Waals surface area contributed by atoms with Crippen molar-refractivity contribution >= 4 is 30.6 Å². The van der Waals surface area contributed by atoms with Gasteiger partial charge in [-0.2, -0.15) is 0 Å². The quantitative estimate of drug-likeness (QED) is 0.130. The van der Waals surface area contributed by atoms with Crippen molar-refractivity contribution in [2.45, 2.75) is 97.0 Å². The fourth-order valence-corrected chi connectivity index (χ4v) is 4.80. The molecule has 210 valence electrons. The molecule has 0 aliphatic carbocycles. The highest BCUT2D eigenvalue weighted by atomic mass is 16.4. The number of rotatable bonds is 18. The average molecular weight is 530 g/mol. The summed E-state index contributed by atoms with van der Waals surface area (Å²) in [6.07, 6.45) is 5.77. The van der Waals surface area contributed by atoms with Crippen molar-refractivity contribution in [1.29, 1.82) is 0 Å². The topological polar surface area (TPSA) is 144 Å². The maximum atomic E-state index is 12.6. The summed E-state index contributed by atoms with van der Waals surface area (Å²) < 4.78 is 0. The van der Waals surface area contributed by atoms with E-state index >= 15 is 0 Å². The fraction of sp³-hybridized carbons (Fsp3) is 0.643. The molecule has 1 aromatic rings. The highest BCUT2D eigenvalue weighted by Crippen LogP contribution is 2.23. The Labute approximate surface area is 226 Å². The number of nitrogens with zero attached hydrogens (tertiary/aromatic N) is 1. The molecule has 4 N–H and O–H groups in total. The van der Waals surface area contributed by atoms with E-state index in [2.05, 4.69) is 5.32 Å². The summed E-state index contributed by atoms with van der Waals surface area (Å²) in [6, 6.07) is 6.89. The van der Waals surface area contributed by atoms with E-state index in [1.807, 2.05) is 13.8 Å². The van der Waals surface area contributed by atoms with E-state index < -0.39 is 31.0 Å². The number of nitrogens with one attached hydrogen (secondary N) is 1. The third-order valence-corrected chi connectivity index (χ3v) is 7.00. The number of carbonyl (C=O) groups is 4. The molecule has 0 unspecified atom stereocenters. The summed E-state index contributed by atoms with van der Waals surface area (Å²) >= 11 is 0. The minimum atomic E-state index is -1.71. The molecule has 0 aromatic heterocycles. The summed E-state index contributed by atoms with van der Waals surface area (Å²) in [5, 5.41) is 31.7. The minimum Gasteiger partial charge on any atom is -0.426 e. The Bertz CT molecular complexity index is 916. The number of carbonyl (C=O) groups excluding carboxylic acids is 4. The first-order valence-corrected chi connectivity index (χ1v) is 13.8. The fourth-order valence-electron chi connectivity index (χ4n) is 4.80. The van der Waals surface area contributed by atoms with Gasteiger partial charge in [0, 0.05) is 19.4 Å². The largest absolute Gasteiger partial charge is 0.475 e. The van der Waals surface area contributed by atoms with Gasteiger partial charge in [-0.15, -0.1) is 0 Å². The van der Waals surface area contributed by atoms with Crippen molar-refractivity contribution in [1.82, 2.24) is 10.2 Å². The zero-order valence-electron chi connectivity index (χ0n) is 22.9. The summed E-state index contributed by atoms with van der Waals surface area (Å²) in [5.74, 6) is -2.74. The Balaban J connectivity index is 1.59. The lowest BCUT2D eigenvalue weighted by Gasteiger charge is -2.24. The normalized spacial score (nSPS) is 15.4. The van der Waals surface area contributed by atoms with Crippen molar-refractivity contribution in [2.24, 2.45) is 11.8 Å². The molecular weight excluding hydrogens is 487 g/mol. The van der Waals surface area contributed by atoms with Gasteiger partial charge in [-0.25, -0.2) is 0 Å². The van der Waals surface area contributed by atoms with Gasteiger partial charge >= 0.3 is 7.12 Å². The van der Waals surface area contributed by atoms with Gasteiger partial charge in [-0.3, -0.25) is 24.1 Å². The average Bonchev–Trinajstić information content (AvgIpc) is 3.10. The molecule has 0 fully saturated rings. The van der Waals surface area contributed by atoms with Gasteiger partial charge in [-0.05, 0) is 44.2 Å². The molecule has 2 rings (SSSR count). The molecule has 3 amide bonds. The predicted molar refractivity (Wildman–Crippen MR) is 145 cm³/mol. The van der Waals surface area contributed by atoms with E-state index in [1.54, 1.807) is 24.3 Å². The van der Waals surface area contributed by atoms with Gasteiger partial charge in [0.25, 0.3) is 11.8 Å². The second kappa shape index (κ2) is 15.8. The minimum absolute atomic E-state index is 0.0861. The second-order valence-corrected chi connectivity index (χ2v) is 10.8. The Morgan fingerprint density at radius 2 is 1.42 bits per heavy atom. The maximum Gasteiger partial charge on any atom is 0.475 e. The van der Waals surface area contributed by atoms with Gasteiger partial charge in [-0.1, -0.05) is 58.1 Å². The molecule has 3 atom stereocenters. The molecule has 0 spiro atoms. The van der Waals surface area contributed by atoms with Crippen LogP contribution in [-0.4, -0.2) is 69.3 Å². The van der Waals surface area contributed by atoms with Crippen LogP contribution in [0.1, 0.15) is 106 Å². The van der Waals surface area contributed by atoms with Crippen LogP contribution in [0.5, 0.6) is 0 Å². The number of Topliss-reactive ketones (excluding diaryl/α,β-unsaturated/α-hetero) is 1. The SMILES string of the molecule is CC(C)C[C@H](NC(=O)[C@@H](CC(=O)CCCCCCCCCN1C(=O)c2ccccc2C1=O)[C@@H](C)O)B(O)O. The monoisotopic (exact) mass is 530 g/mol. The first-order valence-electron chi connectivity index (χ1n) is 13.8. The van der Waals surface area contributed by atoms with Gasteiger partial charge in [0.05, 0.1) is 29.1 Å². The molecule has 0 saturated carbocycles. The van der Waals surface area contributed by atoms with E-state index in [4.69, 9.17) is 0 Å². The van der Waals surface area contributed by atoms with Crippen LogP contribution in [0.25, 0.3) is 0 Å². The van der Waals surface area contributed by atoms with E-state index in [-0.39, 0.29) is 29.9 Å². The van der Waals surface area contributed by atoms with Gasteiger partial charge in [0.1, 0.15) is 5.78 Å². The number of hydrogen-bond donors (Lipinski definition) is 4. The molecule has 9 nitrogen and oxygen atoms in total. The Kier molecular flexibility index (Phi) is 13.1. The summed E-state index contributed by atoms with van der Waals surface area (Å²) in [4.78, 5) is 51.1. The number of imide groups is 1. The number of aliphatic hydroxyl groups excluding tert-OH is 1. The standard InChI is InChI=1S/C28H43BN2O7/c1-19(2)17-25(29(37)38)30-26(34)24(20(3)32)18-21(33)13-9-7-5-4-6-8-12-16-31-27(35)22-14-10-11-15-23(22)28(31)36/h10-11,14-15,19-20,24-25,32,37-38H,4-9,12-13,16-18H2,1-3H3,(H,30,34)/t20-,24+,25+/m1/s1. The van der Waals surface area contributed by atoms with Crippen LogP contribution in [0.15, 0.2) is 24.3 Å². The van der Waals surface area contributed by atoms with Gasteiger partial charge in [0.2, 0.25) is 5.91 Å². The maximum absolute atomic E-state index is 12.6. The first-order chi connectivity index (χ1) is 18.0. The third kappa shape index (κ3) is 9.64. The first kappa shape index (κ1) is 31.7. The van der Waals surface area contributed by atoms with E-state index in [0.717, 1.165) is 38.5 Å². The second-order valence-electron chi connectivity index (χ2n) is 10.8. The van der Waals surface area contributed by atoms with Gasteiger partial charge in [0.15, 0.2) is 0 Å². The van der Waals surface area contributed by atoms with E-state index in [9.17, 15) is 34.3 Å². The molecule has 0 bridgehead atoms. The Morgan fingerprint density at radius 3 is 1.92 bits per heavy atom. The van der Waals surface area contributed by atoms with Crippen LogP contribution in [0.2, 0.25) is 0 Å². The number of hydrogen-bond acceptors (Lipinski definition) is 7. The number of amides is 3. The van der Waals surface area contributed by atoms with Crippen LogP contribution >= 0.6 is 0 Å². The van der Waals surface area contributed by atoms with Crippen molar-refractivity contribution in [3.8, 4) is 0 Å². The number of ketones is 1. The van der Waals surface area contributed by atoms with Gasteiger partial charge < -0.3 is 20.5 Å². The van der Waals surface area contributed by atoms with Crippen LogP contribution in [0.4, 0.5) is 0 Å². The Morgan fingerprint density at radius 1 is 0.895 bits per heavy atom. The number of aliphatic hydroxyl groups is 1. The molecule has 1 aliphatic heterocycles. The van der Waals surface area contributed by atoms with Crippen LogP contribution < -0.4 is 5.32 Å². The van der Waals surface area contributed by atoms with Crippen molar-refractivity contribution in [2.75, 3.05) is 6.54 Å². The molecule has 1 heterocycles. The van der Waals surface area contributed by atoms with Crippen LogP contribution in [0.3, 0.4) is 0 Å². The summed E-state index contributed by atoms with van der Waals surface area (Å²) in [6.45, 7) is 5.68.